The van der Waals surface area contributed by atoms with Crippen LogP contribution in [0, 0.1) is 17.2 Å². The molecule has 1 aliphatic rings. The molecule has 1 atom stereocenters. The lowest BCUT2D eigenvalue weighted by Gasteiger charge is -2.18. The Morgan fingerprint density at radius 1 is 1.22 bits per heavy atom. The number of ether oxygens (including phenoxy) is 1. The van der Waals surface area contributed by atoms with Crippen molar-refractivity contribution in [2.75, 3.05) is 6.61 Å². The Labute approximate surface area is 163 Å². The van der Waals surface area contributed by atoms with Gasteiger partial charge < -0.3 is 4.74 Å². The second kappa shape index (κ2) is 9.37. The fourth-order valence-electron chi connectivity index (χ4n) is 2.93. The topological polar surface area (TPSA) is 55.4 Å². The van der Waals surface area contributed by atoms with Crippen molar-refractivity contribution in [3.63, 3.8) is 0 Å². The van der Waals surface area contributed by atoms with Crippen molar-refractivity contribution in [3.05, 3.63) is 24.0 Å². The van der Waals surface area contributed by atoms with Gasteiger partial charge in [0.1, 0.15) is 0 Å². The van der Waals surface area contributed by atoms with E-state index in [0.717, 1.165) is 44.6 Å². The molecule has 1 saturated carbocycles. The predicted octanol–water partition coefficient (Wildman–Crippen LogP) is 5.28. The zero-order chi connectivity index (χ0) is 20.1. The summed E-state index contributed by atoms with van der Waals surface area (Å²) in [7, 11) is -3.68. The Hall–Kier alpha value is -1.14. The number of halogens is 1. The third-order valence-corrected chi connectivity index (χ3v) is 6.39. The van der Waals surface area contributed by atoms with Crippen LogP contribution in [0.2, 0.25) is 0 Å². The van der Waals surface area contributed by atoms with Gasteiger partial charge in [-0.05, 0) is 56.1 Å². The fourth-order valence-corrected chi connectivity index (χ4v) is 4.22. The van der Waals surface area contributed by atoms with Gasteiger partial charge >= 0.3 is 0 Å². The molecule has 0 aliphatic heterocycles. The lowest BCUT2D eigenvalue weighted by atomic mass is 9.89. The molecule has 0 saturated heterocycles. The van der Waals surface area contributed by atoms with E-state index in [1.165, 1.54) is 18.6 Å². The van der Waals surface area contributed by atoms with E-state index in [1.807, 2.05) is 6.92 Å². The van der Waals surface area contributed by atoms with Gasteiger partial charge in [0.2, 0.25) is 10.0 Å². The van der Waals surface area contributed by atoms with E-state index in [0.29, 0.717) is 17.9 Å². The quantitative estimate of drug-likeness (QED) is 0.515. The van der Waals surface area contributed by atoms with Crippen LogP contribution in [0.5, 0.6) is 5.75 Å². The van der Waals surface area contributed by atoms with Crippen molar-refractivity contribution in [2.24, 2.45) is 11.3 Å². The van der Waals surface area contributed by atoms with Crippen molar-refractivity contribution in [1.29, 1.82) is 0 Å². The van der Waals surface area contributed by atoms with Crippen molar-refractivity contribution in [1.82, 2.24) is 4.72 Å². The summed E-state index contributed by atoms with van der Waals surface area (Å²) in [4.78, 5) is 0.0503. The van der Waals surface area contributed by atoms with Crippen LogP contribution < -0.4 is 9.46 Å². The third-order valence-electron chi connectivity index (χ3n) is 4.80. The predicted molar refractivity (Wildman–Crippen MR) is 107 cm³/mol. The highest BCUT2D eigenvalue weighted by Crippen LogP contribution is 2.31. The van der Waals surface area contributed by atoms with Gasteiger partial charge in [-0.25, -0.2) is 17.5 Å². The molecule has 1 aromatic carbocycles. The number of rotatable bonds is 11. The van der Waals surface area contributed by atoms with Crippen LogP contribution in [0.15, 0.2) is 23.1 Å². The van der Waals surface area contributed by atoms with Gasteiger partial charge in [0, 0.05) is 12.1 Å². The lowest BCUT2D eigenvalue weighted by Crippen LogP contribution is -2.32. The minimum absolute atomic E-state index is 0.0135. The number of unbranched alkanes of at least 4 members (excludes halogenated alkanes) is 2. The minimum atomic E-state index is -3.68. The summed E-state index contributed by atoms with van der Waals surface area (Å²) < 4.78 is 47.2. The summed E-state index contributed by atoms with van der Waals surface area (Å²) >= 11 is 0. The van der Waals surface area contributed by atoms with Gasteiger partial charge in [-0.15, -0.1) is 0 Å². The molecule has 0 spiro atoms. The normalized spacial score (nSPS) is 16.3. The summed E-state index contributed by atoms with van der Waals surface area (Å²) in [5, 5.41) is 0. The highest BCUT2D eigenvalue weighted by molar-refractivity contribution is 7.89. The van der Waals surface area contributed by atoms with Crippen molar-refractivity contribution in [2.45, 2.75) is 83.6 Å². The molecule has 1 fully saturated rings. The Bertz CT molecular complexity index is 709. The van der Waals surface area contributed by atoms with Gasteiger partial charge in [-0.3, -0.25) is 0 Å². The van der Waals surface area contributed by atoms with Gasteiger partial charge in [-0.1, -0.05) is 40.0 Å². The Morgan fingerprint density at radius 2 is 1.93 bits per heavy atom. The first kappa shape index (κ1) is 22.2. The average molecular weight is 400 g/mol. The first-order valence-electron chi connectivity index (χ1n) is 10.0. The number of sulfonamides is 1. The number of nitrogens with one attached hydrogen (secondary N) is 1. The van der Waals surface area contributed by atoms with Crippen LogP contribution in [-0.2, 0) is 10.0 Å². The molecule has 0 aromatic heterocycles. The first-order chi connectivity index (χ1) is 12.6. The number of hydrogen-bond donors (Lipinski definition) is 1. The zero-order valence-corrected chi connectivity index (χ0v) is 17.9. The fraction of sp³-hybridized carbons (Fsp3) is 0.714. The van der Waals surface area contributed by atoms with Gasteiger partial charge in [0.15, 0.2) is 11.6 Å². The van der Waals surface area contributed by atoms with Gasteiger partial charge in [0.25, 0.3) is 0 Å². The summed E-state index contributed by atoms with van der Waals surface area (Å²) in [6, 6.07) is 3.58. The SMILES string of the molecule is C[C@@H](CCCCCC(C)(C)C)NS(=O)(=O)c1ccc(F)c(OCC2CC2)c1. The molecule has 1 aliphatic carbocycles. The van der Waals surface area contributed by atoms with Crippen molar-refractivity contribution < 1.29 is 17.5 Å². The smallest absolute Gasteiger partial charge is 0.240 e. The largest absolute Gasteiger partial charge is 0.490 e. The number of benzene rings is 1. The molecule has 1 aromatic rings. The molecule has 154 valence electrons. The Morgan fingerprint density at radius 3 is 2.56 bits per heavy atom. The van der Waals surface area contributed by atoms with E-state index in [-0.39, 0.29) is 16.7 Å². The summed E-state index contributed by atoms with van der Waals surface area (Å²) in [5.41, 5.74) is 0.342. The lowest BCUT2D eigenvalue weighted by molar-refractivity contribution is 0.284. The highest BCUT2D eigenvalue weighted by Gasteiger charge is 2.24. The third kappa shape index (κ3) is 8.18. The van der Waals surface area contributed by atoms with E-state index in [2.05, 4.69) is 25.5 Å². The van der Waals surface area contributed by atoms with Crippen molar-refractivity contribution in [3.8, 4) is 5.75 Å². The maximum Gasteiger partial charge on any atom is 0.240 e. The average Bonchev–Trinajstić information content (AvgIpc) is 3.36. The van der Waals surface area contributed by atoms with E-state index in [4.69, 9.17) is 4.74 Å². The number of hydrogen-bond acceptors (Lipinski definition) is 3. The van der Waals surface area contributed by atoms with E-state index >= 15 is 0 Å². The zero-order valence-electron chi connectivity index (χ0n) is 17.1. The highest BCUT2D eigenvalue weighted by atomic mass is 32.2. The monoisotopic (exact) mass is 399 g/mol. The summed E-state index contributed by atoms with van der Waals surface area (Å²) in [6.45, 7) is 9.01. The van der Waals surface area contributed by atoms with Crippen LogP contribution in [0.25, 0.3) is 0 Å². The Balaban J connectivity index is 1.84. The molecule has 0 radical (unpaired) electrons. The van der Waals surface area contributed by atoms with Crippen LogP contribution in [0.1, 0.15) is 72.6 Å². The van der Waals surface area contributed by atoms with Crippen LogP contribution in [0.4, 0.5) is 4.39 Å². The van der Waals surface area contributed by atoms with Crippen LogP contribution >= 0.6 is 0 Å². The summed E-state index contributed by atoms with van der Waals surface area (Å²) in [6.07, 6.45) is 7.38. The standard InChI is InChI=1S/C21H34FNO3S/c1-16(8-6-5-7-13-21(2,3)4)23-27(24,25)18-11-12-19(22)20(14-18)26-15-17-9-10-17/h11-12,14,16-17,23H,5-10,13,15H2,1-4H3/t16-/m0/s1. The molecule has 0 bridgehead atoms. The second-order valence-corrected chi connectivity index (χ2v) is 10.7. The van der Waals surface area contributed by atoms with Crippen molar-refractivity contribution >= 4 is 10.0 Å². The van der Waals surface area contributed by atoms with E-state index in [1.54, 1.807) is 0 Å². The molecule has 0 amide bonds. The van der Waals surface area contributed by atoms with Gasteiger partial charge in [-0.2, -0.15) is 0 Å². The molecular weight excluding hydrogens is 365 g/mol. The summed E-state index contributed by atoms with van der Waals surface area (Å²) in [5.74, 6) is -0.0396. The van der Waals surface area contributed by atoms with Crippen LogP contribution in [-0.4, -0.2) is 21.1 Å². The molecule has 27 heavy (non-hydrogen) atoms. The maximum atomic E-state index is 13.9. The van der Waals surface area contributed by atoms with Crippen LogP contribution in [0.3, 0.4) is 0 Å². The first-order valence-corrected chi connectivity index (χ1v) is 11.5. The maximum absolute atomic E-state index is 13.9. The molecule has 0 heterocycles. The molecule has 4 nitrogen and oxygen atoms in total. The van der Waals surface area contributed by atoms with E-state index in [9.17, 15) is 12.8 Å². The molecule has 0 unspecified atom stereocenters. The minimum Gasteiger partial charge on any atom is -0.490 e. The molecule has 1 N–H and O–H groups in total. The van der Waals surface area contributed by atoms with Gasteiger partial charge in [0.05, 0.1) is 11.5 Å². The molecule has 6 heteroatoms. The second-order valence-electron chi connectivity index (χ2n) is 9.03. The van der Waals surface area contributed by atoms with E-state index < -0.39 is 15.8 Å². The molecule has 2 rings (SSSR count). The Kier molecular flexibility index (Phi) is 7.69. The molecular formula is C21H34FNO3S.